The van der Waals surface area contributed by atoms with Crippen LogP contribution in [0.2, 0.25) is 0 Å². The molecule has 0 aliphatic heterocycles. The molecular formula is C43H81O13P. The number of hydrogen-bond acceptors (Lipinski definition) is 12. The number of hydrogen-bond donors (Lipinski definition) is 6. The highest BCUT2D eigenvalue weighted by Gasteiger charge is 2.51. The van der Waals surface area contributed by atoms with Crippen molar-refractivity contribution in [1.29, 1.82) is 0 Å². The van der Waals surface area contributed by atoms with Crippen LogP contribution in [0.5, 0.6) is 0 Å². The quantitative estimate of drug-likeness (QED) is 0.0151. The first-order valence-electron chi connectivity index (χ1n) is 22.5. The van der Waals surface area contributed by atoms with Gasteiger partial charge in [0.2, 0.25) is 0 Å². The number of phosphoric ester groups is 1. The summed E-state index contributed by atoms with van der Waals surface area (Å²) in [4.78, 5) is 35.6. The van der Waals surface area contributed by atoms with Gasteiger partial charge < -0.3 is 39.9 Å². The van der Waals surface area contributed by atoms with Gasteiger partial charge in [-0.05, 0) is 38.5 Å². The molecule has 13 nitrogen and oxygen atoms in total. The Labute approximate surface area is 343 Å². The minimum absolute atomic E-state index is 0.0904. The fraction of sp³-hybridized carbons (Fsp3) is 0.907. The molecule has 336 valence electrons. The molecule has 14 heteroatoms. The van der Waals surface area contributed by atoms with E-state index in [1.807, 2.05) is 0 Å². The Kier molecular flexibility index (Phi) is 32.3. The average Bonchev–Trinajstić information content (AvgIpc) is 3.19. The van der Waals surface area contributed by atoms with E-state index in [1.165, 1.54) is 96.3 Å². The molecule has 1 aliphatic rings. The van der Waals surface area contributed by atoms with Crippen molar-refractivity contribution in [2.45, 2.75) is 236 Å². The van der Waals surface area contributed by atoms with Crippen LogP contribution in [-0.2, 0) is 32.7 Å². The molecule has 0 aromatic rings. The van der Waals surface area contributed by atoms with E-state index in [1.54, 1.807) is 0 Å². The zero-order chi connectivity index (χ0) is 42.2. The number of carbonyl (C=O) groups excluding carboxylic acids is 2. The lowest BCUT2D eigenvalue weighted by atomic mass is 9.85. The molecule has 1 saturated carbocycles. The first-order valence-corrected chi connectivity index (χ1v) is 24.0. The third-order valence-corrected chi connectivity index (χ3v) is 11.6. The number of rotatable bonds is 37. The molecule has 1 rings (SSSR count). The molecule has 8 atom stereocenters. The summed E-state index contributed by atoms with van der Waals surface area (Å²) in [6.07, 6.45) is 21.3. The van der Waals surface area contributed by atoms with Gasteiger partial charge in [0.05, 0.1) is 6.61 Å². The molecule has 1 aliphatic carbocycles. The van der Waals surface area contributed by atoms with E-state index in [4.69, 9.17) is 18.5 Å². The van der Waals surface area contributed by atoms with Crippen molar-refractivity contribution in [3.63, 3.8) is 0 Å². The van der Waals surface area contributed by atoms with Gasteiger partial charge >= 0.3 is 19.8 Å². The Hall–Kier alpha value is -1.41. The molecule has 0 aromatic carbocycles. The second kappa shape index (κ2) is 34.3. The second-order valence-electron chi connectivity index (χ2n) is 15.9. The highest BCUT2D eigenvalue weighted by molar-refractivity contribution is 7.47. The first-order chi connectivity index (χ1) is 27.4. The highest BCUT2D eigenvalue weighted by atomic mass is 31.2. The van der Waals surface area contributed by atoms with E-state index in [2.05, 4.69) is 26.0 Å². The number of aliphatic hydroxyl groups excluding tert-OH is 5. The molecule has 0 saturated heterocycles. The van der Waals surface area contributed by atoms with Crippen LogP contribution < -0.4 is 0 Å². The minimum atomic E-state index is -5.11. The van der Waals surface area contributed by atoms with Gasteiger partial charge in [-0.3, -0.25) is 18.6 Å². The zero-order valence-corrected chi connectivity index (χ0v) is 36.3. The van der Waals surface area contributed by atoms with Crippen LogP contribution in [0.25, 0.3) is 0 Å². The summed E-state index contributed by atoms with van der Waals surface area (Å²) >= 11 is 0. The topological polar surface area (TPSA) is 210 Å². The second-order valence-corrected chi connectivity index (χ2v) is 17.3. The smallest absolute Gasteiger partial charge is 0.462 e. The fourth-order valence-corrected chi connectivity index (χ4v) is 7.90. The first kappa shape index (κ1) is 53.6. The number of allylic oxidation sites excluding steroid dienone is 2. The summed E-state index contributed by atoms with van der Waals surface area (Å²) in [6, 6.07) is 0. The van der Waals surface area contributed by atoms with Crippen molar-refractivity contribution in [3.05, 3.63) is 12.2 Å². The summed E-state index contributed by atoms with van der Waals surface area (Å²) < 4.78 is 33.5. The highest BCUT2D eigenvalue weighted by Crippen LogP contribution is 2.47. The maximum Gasteiger partial charge on any atom is 0.472 e. The van der Waals surface area contributed by atoms with Gasteiger partial charge in [-0.1, -0.05) is 154 Å². The average molecular weight is 837 g/mol. The largest absolute Gasteiger partial charge is 0.472 e. The summed E-state index contributed by atoms with van der Waals surface area (Å²) in [7, 11) is -5.11. The van der Waals surface area contributed by atoms with Gasteiger partial charge in [0.25, 0.3) is 0 Å². The Balaban J connectivity index is 2.47. The summed E-state index contributed by atoms with van der Waals surface area (Å²) in [5.74, 6) is -1.10. The SMILES string of the molecule is CCCCCC/C=C\CCCCCCCC(=O)O[C@H](COC(=O)CCCCCCCCCCCCCCCCC)COP(=O)(O)OC1C(O)C(O)C(O)[C@@H](O)C1O. The summed E-state index contributed by atoms with van der Waals surface area (Å²) in [5, 5.41) is 50.1. The lowest BCUT2D eigenvalue weighted by Gasteiger charge is -2.41. The van der Waals surface area contributed by atoms with Crippen molar-refractivity contribution in [2.75, 3.05) is 13.2 Å². The van der Waals surface area contributed by atoms with Gasteiger partial charge in [0.15, 0.2) is 6.10 Å². The van der Waals surface area contributed by atoms with Crippen molar-refractivity contribution in [3.8, 4) is 0 Å². The van der Waals surface area contributed by atoms with Crippen LogP contribution in [0.1, 0.15) is 194 Å². The van der Waals surface area contributed by atoms with E-state index >= 15 is 0 Å². The standard InChI is InChI=1S/C43H81O13P/c1-3-5-7-9-11-13-15-17-18-20-21-23-25-27-29-31-36(44)53-33-35(34-54-57(51,52)56-43-41(49)39(47)38(46)40(48)42(43)50)55-37(45)32-30-28-26-24-22-19-16-14-12-10-8-6-4-2/h14,16,35,38-43,46-50H,3-13,15,17-34H2,1-2H3,(H,51,52)/b16-14-/t35-,38?,39-,40?,41?,42?,43?/m1/s1. The van der Waals surface area contributed by atoms with E-state index in [0.29, 0.717) is 12.8 Å². The number of esters is 2. The van der Waals surface area contributed by atoms with E-state index < -0.39 is 75.7 Å². The summed E-state index contributed by atoms with van der Waals surface area (Å²) in [6.45, 7) is 3.28. The molecule has 0 aromatic heterocycles. The van der Waals surface area contributed by atoms with Crippen molar-refractivity contribution in [2.24, 2.45) is 0 Å². The maximum absolute atomic E-state index is 12.8. The summed E-state index contributed by atoms with van der Waals surface area (Å²) in [5.41, 5.74) is 0. The van der Waals surface area contributed by atoms with E-state index in [-0.39, 0.29) is 12.8 Å². The van der Waals surface area contributed by atoms with Crippen molar-refractivity contribution in [1.82, 2.24) is 0 Å². The molecular weight excluding hydrogens is 755 g/mol. The van der Waals surface area contributed by atoms with E-state index in [0.717, 1.165) is 57.8 Å². The monoisotopic (exact) mass is 837 g/mol. The van der Waals surface area contributed by atoms with E-state index in [9.17, 15) is 44.6 Å². The van der Waals surface area contributed by atoms with Gasteiger partial charge in [0.1, 0.15) is 43.2 Å². The number of ether oxygens (including phenoxy) is 2. The van der Waals surface area contributed by atoms with Crippen LogP contribution in [0.15, 0.2) is 12.2 Å². The molecule has 0 heterocycles. The molecule has 0 spiro atoms. The molecule has 1 fully saturated rings. The molecule has 0 amide bonds. The molecule has 6 N–H and O–H groups in total. The predicted molar refractivity (Wildman–Crippen MR) is 221 cm³/mol. The third kappa shape index (κ3) is 27.1. The Morgan fingerprint density at radius 2 is 0.895 bits per heavy atom. The lowest BCUT2D eigenvalue weighted by molar-refractivity contribution is -0.220. The van der Waals surface area contributed by atoms with Gasteiger partial charge in [-0.25, -0.2) is 4.57 Å². The molecule has 6 unspecified atom stereocenters. The Morgan fingerprint density at radius 1 is 0.526 bits per heavy atom. The Bertz CT molecular complexity index is 1060. The van der Waals surface area contributed by atoms with Gasteiger partial charge in [0, 0.05) is 12.8 Å². The van der Waals surface area contributed by atoms with Crippen molar-refractivity contribution < 1.29 is 63.1 Å². The third-order valence-electron chi connectivity index (χ3n) is 10.6. The Morgan fingerprint density at radius 3 is 1.35 bits per heavy atom. The maximum atomic E-state index is 12.8. The zero-order valence-electron chi connectivity index (χ0n) is 35.4. The number of carbonyl (C=O) groups is 2. The molecule has 57 heavy (non-hydrogen) atoms. The van der Waals surface area contributed by atoms with Crippen LogP contribution in [0.3, 0.4) is 0 Å². The molecule has 0 radical (unpaired) electrons. The van der Waals surface area contributed by atoms with Crippen LogP contribution >= 0.6 is 7.82 Å². The van der Waals surface area contributed by atoms with Gasteiger partial charge in [-0.15, -0.1) is 0 Å². The predicted octanol–water partition coefficient (Wildman–Crippen LogP) is 8.28. The van der Waals surface area contributed by atoms with Crippen LogP contribution in [0, 0.1) is 0 Å². The lowest BCUT2D eigenvalue weighted by Crippen LogP contribution is -2.64. The van der Waals surface area contributed by atoms with Crippen LogP contribution in [-0.4, -0.2) is 98.3 Å². The number of aliphatic hydroxyl groups is 5. The normalized spacial score (nSPS) is 22.7. The van der Waals surface area contributed by atoms with Crippen molar-refractivity contribution >= 4 is 19.8 Å². The molecule has 0 bridgehead atoms. The number of unbranched alkanes of at least 4 members (excludes halogenated alkanes) is 23. The fourth-order valence-electron chi connectivity index (χ4n) is 6.93. The minimum Gasteiger partial charge on any atom is -0.462 e. The van der Waals surface area contributed by atoms with Crippen LogP contribution in [0.4, 0.5) is 0 Å². The number of phosphoric acid groups is 1. The van der Waals surface area contributed by atoms with Gasteiger partial charge in [-0.2, -0.15) is 0 Å².